The Labute approximate surface area is 192 Å². The van der Waals surface area contributed by atoms with E-state index in [4.69, 9.17) is 23.2 Å². The lowest BCUT2D eigenvalue weighted by molar-refractivity contribution is -0.148. The van der Waals surface area contributed by atoms with Crippen molar-refractivity contribution in [2.45, 2.75) is 18.6 Å². The maximum Gasteiger partial charge on any atom is 0.334 e. The molecule has 32 heavy (non-hydrogen) atoms. The molecule has 11 heteroatoms. The van der Waals surface area contributed by atoms with Gasteiger partial charge in [-0.3, -0.25) is 14.7 Å². The monoisotopic (exact) mass is 476 g/mol. The number of nitrogens with one attached hydrogen (secondary N) is 3. The first-order valence-electron chi connectivity index (χ1n) is 9.32. The molecule has 0 aliphatic carbocycles. The van der Waals surface area contributed by atoms with Crippen molar-refractivity contribution in [3.05, 3.63) is 81.5 Å². The maximum atomic E-state index is 12.6. The molecule has 3 rings (SSSR count). The summed E-state index contributed by atoms with van der Waals surface area (Å²) in [5, 5.41) is 31.2. The van der Waals surface area contributed by atoms with Crippen LogP contribution in [0.15, 0.2) is 54.6 Å². The largest absolute Gasteiger partial charge is 0.479 e. The number of hydrogen-bond donors (Lipinski definition) is 5. The molecule has 0 saturated heterocycles. The minimum Gasteiger partial charge on any atom is -0.479 e. The van der Waals surface area contributed by atoms with Crippen molar-refractivity contribution in [1.29, 1.82) is 0 Å². The van der Waals surface area contributed by atoms with Gasteiger partial charge in [-0.1, -0.05) is 53.5 Å². The van der Waals surface area contributed by atoms with Gasteiger partial charge in [0.25, 0.3) is 11.8 Å². The fourth-order valence-corrected chi connectivity index (χ4v) is 3.33. The zero-order valence-electron chi connectivity index (χ0n) is 16.4. The molecule has 0 unspecified atom stereocenters. The lowest BCUT2D eigenvalue weighted by atomic mass is 10.0. The number of aliphatic hydroxyl groups is 1. The van der Waals surface area contributed by atoms with Gasteiger partial charge in [-0.25, -0.2) is 4.79 Å². The molecule has 9 nitrogen and oxygen atoms in total. The van der Waals surface area contributed by atoms with Gasteiger partial charge in [0.1, 0.15) is 5.69 Å². The third-order valence-corrected chi connectivity index (χ3v) is 5.23. The second kappa shape index (κ2) is 10.3. The van der Waals surface area contributed by atoms with E-state index in [0.717, 1.165) is 0 Å². The molecule has 1 aromatic heterocycles. The first-order valence-corrected chi connectivity index (χ1v) is 10.1. The van der Waals surface area contributed by atoms with Crippen LogP contribution in [0.2, 0.25) is 10.0 Å². The van der Waals surface area contributed by atoms with E-state index in [2.05, 4.69) is 20.8 Å². The van der Waals surface area contributed by atoms with Crippen LogP contribution in [0.1, 0.15) is 26.4 Å². The van der Waals surface area contributed by atoms with Crippen LogP contribution in [0.5, 0.6) is 0 Å². The average molecular weight is 477 g/mol. The average Bonchev–Trinajstić information content (AvgIpc) is 3.23. The highest BCUT2D eigenvalue weighted by Gasteiger charge is 2.29. The van der Waals surface area contributed by atoms with Crippen LogP contribution in [0.3, 0.4) is 0 Å². The molecular weight excluding hydrogens is 459 g/mol. The molecule has 0 radical (unpaired) electrons. The lowest BCUT2D eigenvalue weighted by Crippen LogP contribution is -2.48. The summed E-state index contributed by atoms with van der Waals surface area (Å²) in [7, 11) is 0. The Balaban J connectivity index is 1.72. The number of anilines is 1. The Hall–Kier alpha value is -3.40. The second-order valence-electron chi connectivity index (χ2n) is 6.76. The highest BCUT2D eigenvalue weighted by Crippen LogP contribution is 2.19. The molecule has 0 aliphatic rings. The number of nitrogens with zero attached hydrogens (tertiary/aromatic N) is 1. The minimum atomic E-state index is -1.88. The molecular formula is C21H18Cl2N4O5. The summed E-state index contributed by atoms with van der Waals surface area (Å²) in [6.07, 6.45) is -1.90. The van der Waals surface area contributed by atoms with Crippen molar-refractivity contribution >= 4 is 46.8 Å². The smallest absolute Gasteiger partial charge is 0.334 e. The predicted octanol–water partition coefficient (Wildman–Crippen LogP) is 2.76. The number of carbonyl (C=O) groups excluding carboxylic acids is 2. The van der Waals surface area contributed by atoms with E-state index in [9.17, 15) is 24.6 Å². The molecule has 0 spiro atoms. The Bertz CT molecular complexity index is 1150. The van der Waals surface area contributed by atoms with Gasteiger partial charge in [-0.2, -0.15) is 5.10 Å². The topological polar surface area (TPSA) is 144 Å². The minimum absolute atomic E-state index is 0.0247. The van der Waals surface area contributed by atoms with Crippen molar-refractivity contribution in [1.82, 2.24) is 15.5 Å². The number of halogens is 2. The number of H-pyrrole nitrogens is 1. The number of aromatic nitrogens is 2. The van der Waals surface area contributed by atoms with E-state index in [-0.39, 0.29) is 28.5 Å². The van der Waals surface area contributed by atoms with Crippen LogP contribution in [-0.4, -0.2) is 50.3 Å². The molecule has 2 atom stereocenters. The van der Waals surface area contributed by atoms with Crippen LogP contribution in [0.25, 0.3) is 0 Å². The summed E-state index contributed by atoms with van der Waals surface area (Å²) in [6, 6.07) is 13.2. The van der Waals surface area contributed by atoms with Crippen LogP contribution < -0.4 is 10.6 Å². The molecule has 2 amide bonds. The standard InChI is InChI=1S/C21H18Cl2N4O5/c22-13-7-3-1-5-11(13)9-15(18(28)21(31)32)24-20(30)16-10-17(27-26-16)25-19(29)12-6-2-4-8-14(12)23/h1-8,10,15,18,28H,9H2,(H,24,30)(H,31,32)(H2,25,26,27,29)/t15-,18-/m1/s1. The molecule has 0 bridgehead atoms. The number of carboxylic acids is 1. The summed E-state index contributed by atoms with van der Waals surface area (Å²) < 4.78 is 0. The summed E-state index contributed by atoms with van der Waals surface area (Å²) in [4.78, 5) is 36.3. The maximum absolute atomic E-state index is 12.6. The van der Waals surface area contributed by atoms with Gasteiger partial charge in [-0.15, -0.1) is 0 Å². The first kappa shape index (κ1) is 23.3. The summed E-state index contributed by atoms with van der Waals surface area (Å²) in [6.45, 7) is 0. The molecule has 3 aromatic rings. The Kier molecular flexibility index (Phi) is 7.47. The first-order chi connectivity index (χ1) is 15.3. The van der Waals surface area contributed by atoms with E-state index < -0.39 is 29.9 Å². The lowest BCUT2D eigenvalue weighted by Gasteiger charge is -2.21. The van der Waals surface area contributed by atoms with Crippen LogP contribution in [-0.2, 0) is 11.2 Å². The van der Waals surface area contributed by atoms with Gasteiger partial charge in [0.05, 0.1) is 16.6 Å². The van der Waals surface area contributed by atoms with Gasteiger partial charge >= 0.3 is 5.97 Å². The van der Waals surface area contributed by atoms with E-state index in [0.29, 0.717) is 10.6 Å². The van der Waals surface area contributed by atoms with Crippen molar-refractivity contribution in [2.24, 2.45) is 0 Å². The Morgan fingerprint density at radius 3 is 2.31 bits per heavy atom. The highest BCUT2D eigenvalue weighted by molar-refractivity contribution is 6.34. The van der Waals surface area contributed by atoms with Crippen molar-refractivity contribution in [2.75, 3.05) is 5.32 Å². The zero-order valence-corrected chi connectivity index (χ0v) is 17.9. The number of amides is 2. The van der Waals surface area contributed by atoms with E-state index in [1.165, 1.54) is 12.1 Å². The quantitative estimate of drug-likeness (QED) is 0.338. The number of hydrogen-bond acceptors (Lipinski definition) is 5. The Morgan fingerprint density at radius 1 is 1.00 bits per heavy atom. The van der Waals surface area contributed by atoms with Gasteiger partial charge in [0.2, 0.25) is 0 Å². The number of benzene rings is 2. The van der Waals surface area contributed by atoms with Crippen molar-refractivity contribution in [3.63, 3.8) is 0 Å². The van der Waals surface area contributed by atoms with Gasteiger partial charge in [0.15, 0.2) is 11.9 Å². The molecule has 0 aliphatic heterocycles. The molecule has 1 heterocycles. The van der Waals surface area contributed by atoms with Gasteiger partial charge in [0, 0.05) is 11.1 Å². The molecule has 166 valence electrons. The molecule has 5 N–H and O–H groups in total. The van der Waals surface area contributed by atoms with E-state index in [1.807, 2.05) is 0 Å². The van der Waals surface area contributed by atoms with Gasteiger partial charge in [-0.05, 0) is 30.2 Å². The van der Waals surface area contributed by atoms with Crippen LogP contribution in [0.4, 0.5) is 5.82 Å². The number of aromatic amines is 1. The normalized spacial score (nSPS) is 12.6. The summed E-state index contributed by atoms with van der Waals surface area (Å²) in [5.41, 5.74) is 0.728. The predicted molar refractivity (Wildman–Crippen MR) is 118 cm³/mol. The summed E-state index contributed by atoms with van der Waals surface area (Å²) >= 11 is 12.1. The van der Waals surface area contributed by atoms with E-state index in [1.54, 1.807) is 42.5 Å². The van der Waals surface area contributed by atoms with E-state index >= 15 is 0 Å². The third kappa shape index (κ3) is 5.64. The number of aliphatic carboxylic acids is 1. The van der Waals surface area contributed by atoms with Crippen molar-refractivity contribution < 1.29 is 24.6 Å². The van der Waals surface area contributed by atoms with Gasteiger partial charge < -0.3 is 20.8 Å². The van der Waals surface area contributed by atoms with Crippen molar-refractivity contribution in [3.8, 4) is 0 Å². The Morgan fingerprint density at radius 2 is 1.66 bits per heavy atom. The SMILES string of the molecule is O=C(N[C@H](Cc1ccccc1Cl)[C@@H](O)C(=O)O)c1cc(NC(=O)c2ccccc2Cl)n[nH]1. The molecule has 0 fully saturated rings. The number of carbonyl (C=O) groups is 3. The van der Waals surface area contributed by atoms with Crippen LogP contribution >= 0.6 is 23.2 Å². The highest BCUT2D eigenvalue weighted by atomic mass is 35.5. The fraction of sp³-hybridized carbons (Fsp3) is 0.143. The zero-order chi connectivity index (χ0) is 23.3. The molecule has 0 saturated carbocycles. The number of carboxylic acid groups (broad SMARTS) is 1. The van der Waals surface area contributed by atoms with Crippen LogP contribution in [0, 0.1) is 0 Å². The number of rotatable bonds is 8. The fourth-order valence-electron chi connectivity index (χ4n) is 2.89. The number of aliphatic hydroxyl groups excluding tert-OH is 1. The molecule has 2 aromatic carbocycles. The summed E-state index contributed by atoms with van der Waals surface area (Å²) in [5.74, 6) is -2.69. The third-order valence-electron chi connectivity index (χ3n) is 4.53. The second-order valence-corrected chi connectivity index (χ2v) is 7.57.